The first kappa shape index (κ1) is 29.9. The van der Waals surface area contributed by atoms with Crippen LogP contribution in [0.3, 0.4) is 0 Å². The van der Waals surface area contributed by atoms with Crippen molar-refractivity contribution >= 4 is 23.1 Å². The standard InChI is InChI=1S/C26H30F3N7O5/c1-3-16-10-17(4-5-18(16)25(40)31-7-9-41-14-15(2)37)33-23-24-32-11-20(36(24)8-6-30-23)19-12-35(13-21(38)39)34-22(19)26(27,28)29/h4-6,8,10-12,15,21,37-39H,3,7,9,13-14H2,1-2H3,(H,30,33)(H,31,40)/t15-/m0/s1. The number of alkyl halides is 3. The van der Waals surface area contributed by atoms with Crippen LogP contribution in [0.2, 0.25) is 0 Å². The zero-order chi connectivity index (χ0) is 29.7. The molecule has 0 fully saturated rings. The Balaban J connectivity index is 1.57. The number of nitrogens with one attached hydrogen (secondary N) is 2. The molecule has 3 aromatic heterocycles. The summed E-state index contributed by atoms with van der Waals surface area (Å²) in [5.74, 6) is -0.0121. The van der Waals surface area contributed by atoms with Gasteiger partial charge in [0.1, 0.15) is 0 Å². The number of aryl methyl sites for hydroxylation is 1. The monoisotopic (exact) mass is 577 g/mol. The highest BCUT2D eigenvalue weighted by atomic mass is 19.4. The van der Waals surface area contributed by atoms with Crippen molar-refractivity contribution in [2.45, 2.75) is 45.4 Å². The molecule has 1 aromatic carbocycles. The van der Waals surface area contributed by atoms with E-state index in [0.29, 0.717) is 17.7 Å². The van der Waals surface area contributed by atoms with Crippen molar-refractivity contribution in [2.75, 3.05) is 25.1 Å². The van der Waals surface area contributed by atoms with Crippen LogP contribution in [-0.2, 0) is 23.9 Å². The number of hydrogen-bond donors (Lipinski definition) is 5. The number of carbonyl (C=O) groups excluding carboxylic acids is 1. The van der Waals surface area contributed by atoms with Crippen LogP contribution >= 0.6 is 0 Å². The third-order valence-electron chi connectivity index (χ3n) is 5.97. The zero-order valence-electron chi connectivity index (χ0n) is 22.3. The fraction of sp³-hybridized carbons (Fsp3) is 0.385. The van der Waals surface area contributed by atoms with Gasteiger partial charge in [0, 0.05) is 36.4 Å². The molecule has 15 heteroatoms. The summed E-state index contributed by atoms with van der Waals surface area (Å²) in [5.41, 5.74) is 0.654. The second-order valence-corrected chi connectivity index (χ2v) is 9.24. The van der Waals surface area contributed by atoms with Gasteiger partial charge >= 0.3 is 6.18 Å². The number of aliphatic hydroxyl groups excluding tert-OH is 2. The zero-order valence-corrected chi connectivity index (χ0v) is 22.3. The fourth-order valence-electron chi connectivity index (χ4n) is 4.19. The van der Waals surface area contributed by atoms with Crippen LogP contribution in [0.15, 0.2) is 43.0 Å². The molecule has 4 rings (SSSR count). The van der Waals surface area contributed by atoms with Crippen LogP contribution in [0.1, 0.15) is 35.5 Å². The largest absolute Gasteiger partial charge is 0.435 e. The Hall–Kier alpha value is -4.05. The number of halogens is 3. The van der Waals surface area contributed by atoms with Crippen molar-refractivity contribution < 1.29 is 38.0 Å². The fourth-order valence-corrected chi connectivity index (χ4v) is 4.19. The maximum Gasteiger partial charge on any atom is 0.435 e. The van der Waals surface area contributed by atoms with Gasteiger partial charge in [0.2, 0.25) is 0 Å². The second kappa shape index (κ2) is 12.6. The topological polar surface area (TPSA) is 159 Å². The molecule has 12 nitrogen and oxygen atoms in total. The molecule has 0 radical (unpaired) electrons. The molecule has 4 aromatic rings. The summed E-state index contributed by atoms with van der Waals surface area (Å²) in [7, 11) is 0. The Morgan fingerprint density at radius 1 is 1.20 bits per heavy atom. The van der Waals surface area contributed by atoms with Crippen molar-refractivity contribution in [1.82, 2.24) is 29.5 Å². The molecule has 220 valence electrons. The predicted octanol–water partition coefficient (Wildman–Crippen LogP) is 2.36. The van der Waals surface area contributed by atoms with Crippen molar-refractivity contribution in [3.63, 3.8) is 0 Å². The van der Waals surface area contributed by atoms with E-state index in [1.165, 1.54) is 23.0 Å². The number of rotatable bonds is 12. The van der Waals surface area contributed by atoms with Gasteiger partial charge in [-0.1, -0.05) is 6.92 Å². The molecule has 0 aliphatic rings. The van der Waals surface area contributed by atoms with Gasteiger partial charge in [-0.2, -0.15) is 18.3 Å². The first-order valence-corrected chi connectivity index (χ1v) is 12.7. The van der Waals surface area contributed by atoms with Crippen molar-refractivity contribution in [2.24, 2.45) is 0 Å². The third kappa shape index (κ3) is 7.18. The summed E-state index contributed by atoms with van der Waals surface area (Å²) < 4.78 is 48.7. The van der Waals surface area contributed by atoms with E-state index >= 15 is 0 Å². The first-order chi connectivity index (χ1) is 19.5. The number of benzene rings is 1. The quantitative estimate of drug-likeness (QED) is 0.126. The van der Waals surface area contributed by atoms with Crippen LogP contribution < -0.4 is 10.6 Å². The Morgan fingerprint density at radius 2 is 1.98 bits per heavy atom. The molecule has 0 aliphatic heterocycles. The molecular weight excluding hydrogens is 547 g/mol. The lowest BCUT2D eigenvalue weighted by Crippen LogP contribution is -2.28. The third-order valence-corrected chi connectivity index (χ3v) is 5.97. The number of carbonyl (C=O) groups is 1. The molecule has 0 saturated carbocycles. The normalized spacial score (nSPS) is 12.7. The minimum absolute atomic E-state index is 0.0788. The molecule has 0 unspecified atom stereocenters. The van der Waals surface area contributed by atoms with E-state index in [1.807, 2.05) is 6.92 Å². The molecule has 3 heterocycles. The van der Waals surface area contributed by atoms with Crippen LogP contribution in [0.5, 0.6) is 0 Å². The lowest BCUT2D eigenvalue weighted by atomic mass is 10.0. The van der Waals surface area contributed by atoms with Gasteiger partial charge in [-0.05, 0) is 37.1 Å². The van der Waals surface area contributed by atoms with E-state index in [1.54, 1.807) is 25.1 Å². The molecule has 5 N–H and O–H groups in total. The number of hydrogen-bond acceptors (Lipinski definition) is 9. The second-order valence-electron chi connectivity index (χ2n) is 9.24. The Labute approximate surface area is 232 Å². The average Bonchev–Trinajstić information content (AvgIpc) is 3.52. The van der Waals surface area contributed by atoms with Crippen molar-refractivity contribution in [3.05, 3.63) is 59.8 Å². The molecule has 1 amide bonds. The van der Waals surface area contributed by atoms with Crippen LogP contribution in [0.25, 0.3) is 16.9 Å². The van der Waals surface area contributed by atoms with E-state index < -0.39 is 30.8 Å². The number of aliphatic hydroxyl groups is 3. The van der Waals surface area contributed by atoms with E-state index in [-0.39, 0.29) is 48.4 Å². The van der Waals surface area contributed by atoms with E-state index in [0.717, 1.165) is 16.4 Å². The summed E-state index contributed by atoms with van der Waals surface area (Å²) in [5, 5.41) is 37.0. The highest BCUT2D eigenvalue weighted by Gasteiger charge is 2.38. The Kier molecular flexibility index (Phi) is 9.22. The number of nitrogens with zero attached hydrogens (tertiary/aromatic N) is 5. The minimum Gasteiger partial charge on any atom is -0.391 e. The van der Waals surface area contributed by atoms with Crippen LogP contribution in [-0.4, -0.2) is 77.5 Å². The first-order valence-electron chi connectivity index (χ1n) is 12.7. The van der Waals surface area contributed by atoms with Crippen molar-refractivity contribution in [1.29, 1.82) is 0 Å². The lowest BCUT2D eigenvalue weighted by molar-refractivity contribution is -0.141. The number of imidazole rings is 1. The van der Waals surface area contributed by atoms with Crippen molar-refractivity contribution in [3.8, 4) is 11.3 Å². The maximum atomic E-state index is 13.8. The summed E-state index contributed by atoms with van der Waals surface area (Å²) >= 11 is 0. The number of fused-ring (bicyclic) bond motifs is 1. The van der Waals surface area contributed by atoms with E-state index in [9.17, 15) is 33.3 Å². The van der Waals surface area contributed by atoms with Gasteiger partial charge < -0.3 is 30.7 Å². The van der Waals surface area contributed by atoms with Gasteiger partial charge in [0.25, 0.3) is 5.91 Å². The summed E-state index contributed by atoms with van der Waals surface area (Å²) in [6.07, 6.45) is -1.53. The summed E-state index contributed by atoms with van der Waals surface area (Å²) in [6, 6.07) is 5.11. The highest BCUT2D eigenvalue weighted by Crippen LogP contribution is 2.37. The Bertz CT molecular complexity index is 1500. The van der Waals surface area contributed by atoms with E-state index in [4.69, 9.17) is 4.74 Å². The molecule has 41 heavy (non-hydrogen) atoms. The molecule has 1 atom stereocenters. The number of ether oxygens (including phenoxy) is 1. The SMILES string of the molecule is CCc1cc(Nc2nccn3c(-c4cn(CC(O)O)nc4C(F)(F)F)cnc23)ccc1C(=O)NCCOC[C@H](C)O. The Morgan fingerprint density at radius 3 is 2.66 bits per heavy atom. The number of anilines is 2. The van der Waals surface area contributed by atoms with Gasteiger partial charge in [0.15, 0.2) is 23.4 Å². The van der Waals surface area contributed by atoms with Gasteiger partial charge in [0.05, 0.1) is 43.3 Å². The molecule has 0 spiro atoms. The van der Waals surface area contributed by atoms with E-state index in [2.05, 4.69) is 25.7 Å². The summed E-state index contributed by atoms with van der Waals surface area (Å²) in [6.45, 7) is 3.67. The molecular formula is C26H30F3N7O5. The average molecular weight is 578 g/mol. The lowest BCUT2D eigenvalue weighted by Gasteiger charge is -2.13. The molecule has 0 aliphatic carbocycles. The van der Waals surface area contributed by atoms with Gasteiger partial charge in [-0.3, -0.25) is 13.9 Å². The van der Waals surface area contributed by atoms with Gasteiger partial charge in [-0.25, -0.2) is 9.97 Å². The predicted molar refractivity (Wildman–Crippen MR) is 141 cm³/mol. The smallest absolute Gasteiger partial charge is 0.391 e. The molecule has 0 saturated heterocycles. The summed E-state index contributed by atoms with van der Waals surface area (Å²) in [4.78, 5) is 21.3. The van der Waals surface area contributed by atoms with Gasteiger partial charge in [-0.15, -0.1) is 0 Å². The number of aromatic nitrogens is 5. The van der Waals surface area contributed by atoms with Crippen LogP contribution in [0.4, 0.5) is 24.7 Å². The molecule has 0 bridgehead atoms. The highest BCUT2D eigenvalue weighted by molar-refractivity contribution is 5.96. The minimum atomic E-state index is -4.80. The number of amides is 1. The van der Waals surface area contributed by atoms with Crippen LogP contribution in [0, 0.1) is 0 Å². The maximum absolute atomic E-state index is 13.8.